The maximum Gasteiger partial charge on any atom is 0.412 e. The zero-order valence-corrected chi connectivity index (χ0v) is 13.4. The van der Waals surface area contributed by atoms with Gasteiger partial charge in [0.05, 0.1) is 5.41 Å². The van der Waals surface area contributed by atoms with E-state index in [9.17, 15) is 9.59 Å². The van der Waals surface area contributed by atoms with Gasteiger partial charge in [-0.2, -0.15) is 0 Å². The van der Waals surface area contributed by atoms with E-state index in [1.54, 1.807) is 6.07 Å². The summed E-state index contributed by atoms with van der Waals surface area (Å²) in [5.74, 6) is 0. The van der Waals surface area contributed by atoms with E-state index < -0.39 is 17.1 Å². The maximum absolute atomic E-state index is 11.9. The van der Waals surface area contributed by atoms with Crippen LogP contribution in [0.25, 0.3) is 0 Å². The molecule has 2 rings (SSSR count). The number of rotatable bonds is 3. The average Bonchev–Trinajstić information content (AvgIpc) is 3.07. The number of benzene rings is 1. The highest BCUT2D eigenvalue weighted by atomic mass is 79.9. The number of hydrogen-bond donors (Lipinski definition) is 1. The van der Waals surface area contributed by atoms with Gasteiger partial charge >= 0.3 is 6.09 Å². The molecule has 1 fully saturated rings. The van der Waals surface area contributed by atoms with E-state index in [-0.39, 0.29) is 0 Å². The number of hydrogen-bond acceptors (Lipinski definition) is 3. The molecule has 1 N–H and O–H groups in total. The number of ether oxygens (including phenoxy) is 1. The molecule has 0 bridgehead atoms. The molecule has 1 amide bonds. The van der Waals surface area contributed by atoms with Crippen molar-refractivity contribution in [1.29, 1.82) is 0 Å². The Morgan fingerprint density at radius 2 is 2.05 bits per heavy atom. The minimum absolute atomic E-state index is 0.439. The monoisotopic (exact) mass is 339 g/mol. The summed E-state index contributed by atoms with van der Waals surface area (Å²) in [6, 6.07) is 5.54. The number of carbonyl (C=O) groups is 2. The molecule has 20 heavy (non-hydrogen) atoms. The number of amides is 1. The Kier molecular flexibility index (Phi) is 3.91. The lowest BCUT2D eigenvalue weighted by atomic mass is 9.96. The minimum Gasteiger partial charge on any atom is -0.444 e. The highest BCUT2D eigenvalue weighted by molar-refractivity contribution is 9.10. The Labute approximate surface area is 127 Å². The van der Waals surface area contributed by atoms with Gasteiger partial charge in [-0.25, -0.2) is 4.79 Å². The molecule has 1 aliphatic carbocycles. The van der Waals surface area contributed by atoms with Crippen molar-refractivity contribution in [2.24, 2.45) is 0 Å². The van der Waals surface area contributed by atoms with Crippen molar-refractivity contribution in [3.05, 3.63) is 28.2 Å². The molecule has 1 aromatic rings. The van der Waals surface area contributed by atoms with Crippen molar-refractivity contribution in [2.45, 2.75) is 44.6 Å². The Bertz CT molecular complexity index is 545. The average molecular weight is 340 g/mol. The second-order valence-electron chi connectivity index (χ2n) is 6.09. The van der Waals surface area contributed by atoms with Crippen LogP contribution in [-0.2, 0) is 14.9 Å². The van der Waals surface area contributed by atoms with E-state index >= 15 is 0 Å². The SMILES string of the molecule is CC(C)(C)OC(=O)Nc1cc(Br)ccc1C1(C=O)CC1. The first kappa shape index (κ1) is 15.0. The lowest BCUT2D eigenvalue weighted by Gasteiger charge is -2.21. The Morgan fingerprint density at radius 3 is 2.55 bits per heavy atom. The van der Waals surface area contributed by atoms with Crippen LogP contribution in [0.2, 0.25) is 0 Å². The summed E-state index contributed by atoms with van der Waals surface area (Å²) in [7, 11) is 0. The number of halogens is 1. The predicted molar refractivity (Wildman–Crippen MR) is 81.0 cm³/mol. The molecule has 0 spiro atoms. The van der Waals surface area contributed by atoms with Crippen LogP contribution >= 0.6 is 15.9 Å². The van der Waals surface area contributed by atoms with Gasteiger partial charge in [0, 0.05) is 10.2 Å². The van der Waals surface area contributed by atoms with Crippen LogP contribution in [0.5, 0.6) is 0 Å². The molecule has 0 atom stereocenters. The van der Waals surface area contributed by atoms with Crippen molar-refractivity contribution >= 4 is 34.0 Å². The summed E-state index contributed by atoms with van der Waals surface area (Å²) in [5.41, 5.74) is 0.475. The molecule has 4 nitrogen and oxygen atoms in total. The smallest absolute Gasteiger partial charge is 0.412 e. The third kappa shape index (κ3) is 3.39. The number of aldehydes is 1. The molecular formula is C15H18BrNO3. The van der Waals surface area contributed by atoms with Crippen molar-refractivity contribution in [3.63, 3.8) is 0 Å². The largest absolute Gasteiger partial charge is 0.444 e. The molecule has 0 radical (unpaired) electrons. The number of anilines is 1. The van der Waals surface area contributed by atoms with Crippen molar-refractivity contribution in [2.75, 3.05) is 5.32 Å². The molecule has 0 unspecified atom stereocenters. The Balaban J connectivity index is 2.25. The van der Waals surface area contributed by atoms with Gasteiger partial charge in [-0.1, -0.05) is 22.0 Å². The van der Waals surface area contributed by atoms with E-state index in [0.29, 0.717) is 5.69 Å². The van der Waals surface area contributed by atoms with Gasteiger partial charge in [-0.05, 0) is 51.3 Å². The third-order valence-electron chi connectivity index (χ3n) is 3.17. The minimum atomic E-state index is -0.557. The van der Waals surface area contributed by atoms with Crippen LogP contribution in [0, 0.1) is 0 Å². The Morgan fingerprint density at radius 1 is 1.40 bits per heavy atom. The van der Waals surface area contributed by atoms with E-state index in [2.05, 4.69) is 21.2 Å². The normalized spacial score (nSPS) is 16.4. The molecule has 0 aliphatic heterocycles. The first-order valence-electron chi connectivity index (χ1n) is 6.52. The van der Waals surface area contributed by atoms with Gasteiger partial charge in [0.1, 0.15) is 11.9 Å². The molecule has 5 heteroatoms. The van der Waals surface area contributed by atoms with Gasteiger partial charge in [0.15, 0.2) is 0 Å². The summed E-state index contributed by atoms with van der Waals surface area (Å²) >= 11 is 3.38. The standard InChI is InChI=1S/C15H18BrNO3/c1-14(2,3)20-13(19)17-12-8-10(16)4-5-11(12)15(9-18)6-7-15/h4-5,8-9H,6-7H2,1-3H3,(H,17,19). The second-order valence-corrected chi connectivity index (χ2v) is 7.01. The van der Waals surface area contributed by atoms with Gasteiger partial charge in [0.2, 0.25) is 0 Å². The van der Waals surface area contributed by atoms with Crippen LogP contribution in [0.15, 0.2) is 22.7 Å². The van der Waals surface area contributed by atoms with Gasteiger partial charge in [-0.15, -0.1) is 0 Å². The quantitative estimate of drug-likeness (QED) is 0.846. The third-order valence-corrected chi connectivity index (χ3v) is 3.66. The van der Waals surface area contributed by atoms with E-state index in [1.807, 2.05) is 32.9 Å². The maximum atomic E-state index is 11.9. The molecule has 0 saturated heterocycles. The van der Waals surface area contributed by atoms with Crippen LogP contribution in [0.4, 0.5) is 10.5 Å². The molecule has 0 aromatic heterocycles. The zero-order chi connectivity index (χ0) is 15.0. The van der Waals surface area contributed by atoms with E-state index in [0.717, 1.165) is 29.2 Å². The first-order chi connectivity index (χ1) is 9.26. The van der Waals surface area contributed by atoms with E-state index in [4.69, 9.17) is 4.74 Å². The van der Waals surface area contributed by atoms with Crippen LogP contribution in [0.1, 0.15) is 39.2 Å². The van der Waals surface area contributed by atoms with Crippen LogP contribution < -0.4 is 5.32 Å². The Hall–Kier alpha value is -1.36. The van der Waals surface area contributed by atoms with Gasteiger partial charge in [-0.3, -0.25) is 5.32 Å². The highest BCUT2D eigenvalue weighted by Gasteiger charge is 2.46. The fourth-order valence-electron chi connectivity index (χ4n) is 2.05. The fourth-order valence-corrected chi connectivity index (χ4v) is 2.41. The lowest BCUT2D eigenvalue weighted by Crippen LogP contribution is -2.28. The summed E-state index contributed by atoms with van der Waals surface area (Å²) in [6.07, 6.45) is 2.09. The summed E-state index contributed by atoms with van der Waals surface area (Å²) < 4.78 is 6.09. The molecule has 1 aliphatic rings. The zero-order valence-electron chi connectivity index (χ0n) is 11.8. The lowest BCUT2D eigenvalue weighted by molar-refractivity contribution is -0.109. The van der Waals surface area contributed by atoms with Crippen molar-refractivity contribution in [1.82, 2.24) is 0 Å². The molecule has 108 valence electrons. The molecule has 0 heterocycles. The van der Waals surface area contributed by atoms with Crippen LogP contribution in [-0.4, -0.2) is 18.0 Å². The highest BCUT2D eigenvalue weighted by Crippen LogP contribution is 2.49. The van der Waals surface area contributed by atoms with Crippen molar-refractivity contribution in [3.8, 4) is 0 Å². The summed E-state index contributed by atoms with van der Waals surface area (Å²) in [5, 5.41) is 2.74. The molecular weight excluding hydrogens is 322 g/mol. The van der Waals surface area contributed by atoms with Gasteiger partial charge in [0.25, 0.3) is 0 Å². The fraction of sp³-hybridized carbons (Fsp3) is 0.467. The topological polar surface area (TPSA) is 55.4 Å². The second kappa shape index (κ2) is 5.20. The number of carbonyl (C=O) groups excluding carboxylic acids is 2. The summed E-state index contributed by atoms with van der Waals surface area (Å²) in [4.78, 5) is 23.2. The predicted octanol–water partition coefficient (Wildman–Crippen LogP) is 4.03. The molecule has 1 aromatic carbocycles. The first-order valence-corrected chi connectivity index (χ1v) is 7.31. The number of nitrogens with one attached hydrogen (secondary N) is 1. The summed E-state index contributed by atoms with van der Waals surface area (Å²) in [6.45, 7) is 5.42. The molecule has 1 saturated carbocycles. The van der Waals surface area contributed by atoms with E-state index in [1.165, 1.54) is 0 Å². The van der Waals surface area contributed by atoms with Gasteiger partial charge < -0.3 is 9.53 Å². The van der Waals surface area contributed by atoms with Crippen LogP contribution in [0.3, 0.4) is 0 Å². The van der Waals surface area contributed by atoms with Crippen molar-refractivity contribution < 1.29 is 14.3 Å².